The first-order valence-corrected chi connectivity index (χ1v) is 8.93. The number of benzene rings is 1. The van der Waals surface area contributed by atoms with Crippen molar-refractivity contribution in [3.8, 4) is 22.9 Å². The highest BCUT2D eigenvalue weighted by atomic mass is 19.3. The van der Waals surface area contributed by atoms with Crippen LogP contribution in [0.15, 0.2) is 47.4 Å². The van der Waals surface area contributed by atoms with Gasteiger partial charge in [0.2, 0.25) is 0 Å². The highest BCUT2D eigenvalue weighted by Gasteiger charge is 2.12. The number of hydrogen-bond donors (Lipinski definition) is 2. The standard InChI is InChI=1S/C20H20F2N4O3/c1-3-28-16-9-13(4-6-15(16)29-20(21)22)10-23-17-7-5-14(11-24-17)19-25-12(2)8-18(27)26-19/h4-9,11,20H,3,10H2,1-2H3,(H,23,24)(H,25,26,27). The Hall–Kier alpha value is -3.49. The molecule has 0 saturated carbocycles. The zero-order valence-electron chi connectivity index (χ0n) is 15.9. The van der Waals surface area contributed by atoms with Gasteiger partial charge in [-0.15, -0.1) is 0 Å². The second kappa shape index (κ2) is 9.13. The van der Waals surface area contributed by atoms with Gasteiger partial charge in [0, 0.05) is 30.1 Å². The lowest BCUT2D eigenvalue weighted by atomic mass is 10.2. The fourth-order valence-electron chi connectivity index (χ4n) is 2.67. The average Bonchev–Trinajstić information content (AvgIpc) is 2.67. The van der Waals surface area contributed by atoms with Crippen LogP contribution >= 0.6 is 0 Å². The maximum absolute atomic E-state index is 12.5. The van der Waals surface area contributed by atoms with Crippen molar-refractivity contribution in [3.63, 3.8) is 0 Å². The second-order valence-electron chi connectivity index (χ2n) is 6.11. The van der Waals surface area contributed by atoms with Crippen molar-refractivity contribution in [1.82, 2.24) is 15.0 Å². The number of ether oxygens (including phenoxy) is 2. The van der Waals surface area contributed by atoms with Crippen LogP contribution in [0.5, 0.6) is 11.5 Å². The number of rotatable bonds is 8. The van der Waals surface area contributed by atoms with Crippen LogP contribution in [-0.4, -0.2) is 28.2 Å². The number of alkyl halides is 2. The summed E-state index contributed by atoms with van der Waals surface area (Å²) in [4.78, 5) is 22.9. The Bertz CT molecular complexity index is 1020. The fourth-order valence-corrected chi connectivity index (χ4v) is 2.67. The van der Waals surface area contributed by atoms with Crippen LogP contribution in [0.4, 0.5) is 14.6 Å². The summed E-state index contributed by atoms with van der Waals surface area (Å²) < 4.78 is 34.8. The summed E-state index contributed by atoms with van der Waals surface area (Å²) in [6, 6.07) is 9.73. The zero-order valence-corrected chi connectivity index (χ0v) is 15.9. The highest BCUT2D eigenvalue weighted by molar-refractivity contribution is 5.56. The fraction of sp³-hybridized carbons (Fsp3) is 0.250. The zero-order chi connectivity index (χ0) is 20.8. The van der Waals surface area contributed by atoms with E-state index in [1.807, 2.05) is 0 Å². The van der Waals surface area contributed by atoms with Crippen LogP contribution in [0.2, 0.25) is 0 Å². The Morgan fingerprint density at radius 3 is 2.66 bits per heavy atom. The Balaban J connectivity index is 1.69. The Morgan fingerprint density at radius 1 is 1.17 bits per heavy atom. The molecule has 0 aliphatic carbocycles. The van der Waals surface area contributed by atoms with Crippen LogP contribution in [0.25, 0.3) is 11.4 Å². The van der Waals surface area contributed by atoms with E-state index in [9.17, 15) is 13.6 Å². The number of pyridine rings is 1. The minimum absolute atomic E-state index is 0.00674. The monoisotopic (exact) mass is 402 g/mol. The van der Waals surface area contributed by atoms with Gasteiger partial charge in [0.1, 0.15) is 11.6 Å². The van der Waals surface area contributed by atoms with Crippen LogP contribution in [0.3, 0.4) is 0 Å². The molecule has 0 aliphatic heterocycles. The number of H-pyrrole nitrogens is 1. The van der Waals surface area contributed by atoms with E-state index in [1.165, 1.54) is 12.1 Å². The van der Waals surface area contributed by atoms with Gasteiger partial charge in [-0.05, 0) is 43.7 Å². The van der Waals surface area contributed by atoms with Gasteiger partial charge >= 0.3 is 6.61 Å². The van der Waals surface area contributed by atoms with E-state index in [1.54, 1.807) is 44.3 Å². The normalized spacial score (nSPS) is 10.8. The third-order valence-corrected chi connectivity index (χ3v) is 3.90. The Morgan fingerprint density at radius 2 is 2.00 bits per heavy atom. The van der Waals surface area contributed by atoms with E-state index in [2.05, 4.69) is 25.0 Å². The topological polar surface area (TPSA) is 89.1 Å². The van der Waals surface area contributed by atoms with E-state index < -0.39 is 6.61 Å². The molecule has 1 aromatic carbocycles. The van der Waals surface area contributed by atoms with Crippen molar-refractivity contribution in [1.29, 1.82) is 0 Å². The molecule has 152 valence electrons. The molecule has 3 aromatic rings. The predicted molar refractivity (Wildman–Crippen MR) is 104 cm³/mol. The first-order valence-electron chi connectivity index (χ1n) is 8.93. The predicted octanol–water partition coefficient (Wildman–Crippen LogP) is 3.75. The highest BCUT2D eigenvalue weighted by Crippen LogP contribution is 2.30. The molecule has 29 heavy (non-hydrogen) atoms. The molecule has 3 rings (SSSR count). The van der Waals surface area contributed by atoms with Crippen molar-refractivity contribution >= 4 is 5.82 Å². The summed E-state index contributed by atoms with van der Waals surface area (Å²) in [5.74, 6) is 1.30. The summed E-state index contributed by atoms with van der Waals surface area (Å²) in [5.41, 5.74) is 1.89. The number of hydrogen-bond acceptors (Lipinski definition) is 6. The molecule has 0 bridgehead atoms. The van der Waals surface area contributed by atoms with Crippen LogP contribution in [0, 0.1) is 6.92 Å². The molecule has 0 saturated heterocycles. The number of aryl methyl sites for hydroxylation is 1. The van der Waals surface area contributed by atoms with Crippen molar-refractivity contribution < 1.29 is 18.3 Å². The molecule has 2 heterocycles. The smallest absolute Gasteiger partial charge is 0.387 e. The molecule has 0 unspecified atom stereocenters. The summed E-state index contributed by atoms with van der Waals surface area (Å²) in [5, 5.41) is 3.14. The maximum atomic E-state index is 12.5. The summed E-state index contributed by atoms with van der Waals surface area (Å²) in [6.45, 7) is 1.32. The lowest BCUT2D eigenvalue weighted by Crippen LogP contribution is -2.09. The number of aromatic nitrogens is 3. The first kappa shape index (κ1) is 20.2. The van der Waals surface area contributed by atoms with E-state index in [-0.39, 0.29) is 17.1 Å². The summed E-state index contributed by atoms with van der Waals surface area (Å²) in [6.07, 6.45) is 1.60. The summed E-state index contributed by atoms with van der Waals surface area (Å²) >= 11 is 0. The van der Waals surface area contributed by atoms with Crippen LogP contribution in [0.1, 0.15) is 18.2 Å². The minimum atomic E-state index is -2.92. The second-order valence-corrected chi connectivity index (χ2v) is 6.11. The van der Waals surface area contributed by atoms with Gasteiger partial charge in [0.15, 0.2) is 11.5 Å². The molecule has 0 amide bonds. The van der Waals surface area contributed by atoms with Crippen molar-refractivity contribution in [2.45, 2.75) is 27.0 Å². The number of aromatic amines is 1. The van der Waals surface area contributed by atoms with E-state index in [0.717, 1.165) is 5.56 Å². The van der Waals surface area contributed by atoms with Gasteiger partial charge in [0.05, 0.1) is 6.61 Å². The van der Waals surface area contributed by atoms with Gasteiger partial charge in [-0.1, -0.05) is 6.07 Å². The molecule has 0 fully saturated rings. The molecule has 9 heteroatoms. The van der Waals surface area contributed by atoms with Gasteiger partial charge in [0.25, 0.3) is 5.56 Å². The Kier molecular flexibility index (Phi) is 6.38. The molecular weight excluding hydrogens is 382 g/mol. The van der Waals surface area contributed by atoms with Crippen LogP contribution in [-0.2, 0) is 6.54 Å². The molecular formula is C20H20F2N4O3. The minimum Gasteiger partial charge on any atom is -0.490 e. The molecule has 2 aromatic heterocycles. The first-order chi connectivity index (χ1) is 13.9. The molecule has 0 radical (unpaired) electrons. The molecule has 2 N–H and O–H groups in total. The largest absolute Gasteiger partial charge is 0.490 e. The van der Waals surface area contributed by atoms with Crippen molar-refractivity contribution in [3.05, 3.63) is 64.2 Å². The quantitative estimate of drug-likeness (QED) is 0.597. The molecule has 7 nitrogen and oxygen atoms in total. The third-order valence-electron chi connectivity index (χ3n) is 3.90. The van der Waals surface area contributed by atoms with E-state index >= 15 is 0 Å². The molecule has 0 spiro atoms. The third kappa shape index (κ3) is 5.50. The van der Waals surface area contributed by atoms with Gasteiger partial charge in [-0.25, -0.2) is 9.97 Å². The number of nitrogens with one attached hydrogen (secondary N) is 2. The molecule has 0 atom stereocenters. The number of halogens is 2. The maximum Gasteiger partial charge on any atom is 0.387 e. The number of anilines is 1. The van der Waals surface area contributed by atoms with Crippen molar-refractivity contribution in [2.75, 3.05) is 11.9 Å². The SMILES string of the molecule is CCOc1cc(CNc2ccc(-c3nc(C)cc(=O)[nH]3)cn2)ccc1OC(F)F. The van der Waals surface area contributed by atoms with Crippen LogP contribution < -0.4 is 20.3 Å². The lowest BCUT2D eigenvalue weighted by molar-refractivity contribution is -0.0514. The summed E-state index contributed by atoms with van der Waals surface area (Å²) in [7, 11) is 0. The van der Waals surface area contributed by atoms with Gasteiger partial charge in [-0.2, -0.15) is 8.78 Å². The Labute approximate surface area is 165 Å². The van der Waals surface area contributed by atoms with Gasteiger partial charge in [-0.3, -0.25) is 4.79 Å². The molecule has 0 aliphatic rings. The van der Waals surface area contributed by atoms with E-state index in [0.29, 0.717) is 36.1 Å². The lowest BCUT2D eigenvalue weighted by Gasteiger charge is -2.13. The van der Waals surface area contributed by atoms with Crippen molar-refractivity contribution in [2.24, 2.45) is 0 Å². The van der Waals surface area contributed by atoms with E-state index in [4.69, 9.17) is 4.74 Å². The average molecular weight is 402 g/mol. The van der Waals surface area contributed by atoms with Gasteiger partial charge < -0.3 is 19.8 Å². The number of nitrogens with zero attached hydrogens (tertiary/aromatic N) is 2.